The van der Waals surface area contributed by atoms with Crippen LogP contribution in [0, 0.1) is 17.0 Å². The number of ether oxygens (including phenoxy) is 1. The highest BCUT2D eigenvalue weighted by atomic mass is 32.2. The summed E-state index contributed by atoms with van der Waals surface area (Å²) in [4.78, 5) is 14.8. The highest BCUT2D eigenvalue weighted by Crippen LogP contribution is 2.29. The van der Waals surface area contributed by atoms with Crippen molar-refractivity contribution in [2.45, 2.75) is 18.2 Å². The summed E-state index contributed by atoms with van der Waals surface area (Å²) in [7, 11) is -2.61. The van der Waals surface area contributed by atoms with E-state index >= 15 is 0 Å². The Labute approximate surface area is 172 Å². The van der Waals surface area contributed by atoms with E-state index in [0.29, 0.717) is 6.42 Å². The molecule has 0 radical (unpaired) electrons. The van der Waals surface area contributed by atoms with Crippen LogP contribution in [0.2, 0.25) is 0 Å². The fraction of sp³-hybridized carbons (Fsp3) is 0.211. The predicted octanol–water partition coefficient (Wildman–Crippen LogP) is 3.56. The normalized spacial score (nSPS) is 11.4. The van der Waals surface area contributed by atoms with Crippen molar-refractivity contribution in [2.75, 3.05) is 13.7 Å². The van der Waals surface area contributed by atoms with Crippen LogP contribution in [0.5, 0.6) is 5.75 Å². The second kappa shape index (κ2) is 8.68. The molecule has 0 saturated carbocycles. The van der Waals surface area contributed by atoms with E-state index in [-0.39, 0.29) is 17.2 Å². The van der Waals surface area contributed by atoms with Crippen LogP contribution < -0.4 is 9.46 Å². The monoisotopic (exact) mass is 433 g/mol. The quantitative estimate of drug-likeness (QED) is 0.429. The van der Waals surface area contributed by atoms with Gasteiger partial charge in [0.1, 0.15) is 5.01 Å². The Hall–Kier alpha value is -2.82. The summed E-state index contributed by atoms with van der Waals surface area (Å²) >= 11 is 1.49. The van der Waals surface area contributed by atoms with Gasteiger partial charge in [-0.3, -0.25) is 10.1 Å². The molecular weight excluding hydrogens is 414 g/mol. The summed E-state index contributed by atoms with van der Waals surface area (Å²) in [5.74, 6) is 0.0000540. The standard InChI is InChI=1S/C19H19N3O5S2/c1-13-3-5-14(6-4-13)19-21-15(12-28-19)9-10-20-29(25,26)16-7-8-18(27-2)17(11-16)22(23)24/h3-8,11-12,20H,9-10H2,1-2H3. The molecule has 0 spiro atoms. The molecule has 0 amide bonds. The SMILES string of the molecule is COc1ccc(S(=O)(=O)NCCc2csc(-c3ccc(C)cc3)n2)cc1[N+](=O)[O-]. The number of nitro benzene ring substituents is 1. The number of benzene rings is 2. The molecule has 0 aliphatic carbocycles. The fourth-order valence-corrected chi connectivity index (χ4v) is 4.54. The Morgan fingerprint density at radius 3 is 2.59 bits per heavy atom. The molecule has 2 aromatic carbocycles. The average Bonchev–Trinajstić information content (AvgIpc) is 3.16. The van der Waals surface area contributed by atoms with Gasteiger partial charge in [0.05, 0.1) is 22.6 Å². The van der Waals surface area contributed by atoms with Crippen molar-refractivity contribution in [3.63, 3.8) is 0 Å². The van der Waals surface area contributed by atoms with Crippen molar-refractivity contribution in [3.05, 3.63) is 69.2 Å². The molecule has 8 nitrogen and oxygen atoms in total. The van der Waals surface area contributed by atoms with Crippen molar-refractivity contribution in [1.29, 1.82) is 0 Å². The maximum atomic E-state index is 12.5. The van der Waals surface area contributed by atoms with Gasteiger partial charge < -0.3 is 4.74 Å². The van der Waals surface area contributed by atoms with Crippen LogP contribution in [0.3, 0.4) is 0 Å². The molecule has 0 aliphatic rings. The first-order valence-corrected chi connectivity index (χ1v) is 11.0. The molecule has 0 aliphatic heterocycles. The molecule has 0 fully saturated rings. The molecular formula is C19H19N3O5S2. The van der Waals surface area contributed by atoms with Crippen molar-refractivity contribution in [1.82, 2.24) is 9.71 Å². The second-order valence-electron chi connectivity index (χ2n) is 6.25. The van der Waals surface area contributed by atoms with Gasteiger partial charge in [0.2, 0.25) is 10.0 Å². The molecule has 152 valence electrons. The Morgan fingerprint density at radius 1 is 1.21 bits per heavy atom. The third-order valence-corrected chi connectivity index (χ3v) is 6.58. The lowest BCUT2D eigenvalue weighted by molar-refractivity contribution is -0.386. The van der Waals surface area contributed by atoms with Crippen molar-refractivity contribution >= 4 is 27.0 Å². The number of aromatic nitrogens is 1. The summed E-state index contributed by atoms with van der Waals surface area (Å²) in [5.41, 5.74) is 2.54. The van der Waals surface area contributed by atoms with Crippen molar-refractivity contribution in [2.24, 2.45) is 0 Å². The number of thiazole rings is 1. The third kappa shape index (κ3) is 4.97. The lowest BCUT2D eigenvalue weighted by Gasteiger charge is -2.07. The van der Waals surface area contributed by atoms with Gasteiger partial charge in [-0.25, -0.2) is 18.1 Å². The van der Waals surface area contributed by atoms with Crippen molar-refractivity contribution in [3.8, 4) is 16.3 Å². The van der Waals surface area contributed by atoms with Crippen LogP contribution in [0.25, 0.3) is 10.6 Å². The topological polar surface area (TPSA) is 111 Å². The van der Waals surface area contributed by atoms with E-state index in [1.807, 2.05) is 36.6 Å². The predicted molar refractivity (Wildman–Crippen MR) is 111 cm³/mol. The lowest BCUT2D eigenvalue weighted by Crippen LogP contribution is -2.26. The molecule has 0 bridgehead atoms. The van der Waals surface area contributed by atoms with E-state index in [1.54, 1.807) is 0 Å². The van der Waals surface area contributed by atoms with Crippen LogP contribution in [-0.4, -0.2) is 32.0 Å². The molecule has 10 heteroatoms. The third-order valence-electron chi connectivity index (χ3n) is 4.18. The zero-order valence-corrected chi connectivity index (χ0v) is 17.4. The Bertz CT molecular complexity index is 1130. The van der Waals surface area contributed by atoms with Crippen LogP contribution in [-0.2, 0) is 16.4 Å². The first kappa shape index (κ1) is 20.9. The largest absolute Gasteiger partial charge is 0.490 e. The van der Waals surface area contributed by atoms with Gasteiger partial charge in [-0.2, -0.15) is 0 Å². The maximum absolute atomic E-state index is 12.5. The molecule has 29 heavy (non-hydrogen) atoms. The maximum Gasteiger partial charge on any atom is 0.312 e. The smallest absolute Gasteiger partial charge is 0.312 e. The lowest BCUT2D eigenvalue weighted by atomic mass is 10.2. The first-order chi connectivity index (χ1) is 13.8. The number of rotatable bonds is 8. The molecule has 1 heterocycles. The average molecular weight is 434 g/mol. The molecule has 1 N–H and O–H groups in total. The van der Waals surface area contributed by atoms with Gasteiger partial charge >= 0.3 is 5.69 Å². The Morgan fingerprint density at radius 2 is 1.93 bits per heavy atom. The van der Waals surface area contributed by atoms with E-state index in [2.05, 4.69) is 9.71 Å². The minimum absolute atomic E-state index is 0.0000540. The number of aryl methyl sites for hydroxylation is 1. The van der Waals surface area contributed by atoms with Crippen LogP contribution >= 0.6 is 11.3 Å². The van der Waals surface area contributed by atoms with Gasteiger partial charge in [-0.05, 0) is 19.1 Å². The summed E-state index contributed by atoms with van der Waals surface area (Å²) in [6.07, 6.45) is 0.403. The molecule has 0 atom stereocenters. The molecule has 3 rings (SSSR count). The molecule has 0 unspecified atom stereocenters. The van der Waals surface area contributed by atoms with Crippen LogP contribution in [0.15, 0.2) is 52.7 Å². The van der Waals surface area contributed by atoms with E-state index in [0.717, 1.165) is 22.3 Å². The number of nitrogens with zero attached hydrogens (tertiary/aromatic N) is 2. The minimum Gasteiger partial charge on any atom is -0.490 e. The van der Waals surface area contributed by atoms with Gasteiger partial charge in [-0.1, -0.05) is 29.8 Å². The highest BCUT2D eigenvalue weighted by molar-refractivity contribution is 7.89. The van der Waals surface area contributed by atoms with Gasteiger partial charge in [0, 0.05) is 30.0 Å². The number of nitrogens with one attached hydrogen (secondary N) is 1. The number of hydrogen-bond acceptors (Lipinski definition) is 7. The summed E-state index contributed by atoms with van der Waals surface area (Å²) in [6, 6.07) is 11.5. The molecule has 1 aromatic heterocycles. The number of nitro groups is 1. The Kier molecular flexibility index (Phi) is 6.26. The van der Waals surface area contributed by atoms with Gasteiger partial charge in [0.25, 0.3) is 0 Å². The fourth-order valence-electron chi connectivity index (χ4n) is 2.63. The van der Waals surface area contributed by atoms with Crippen molar-refractivity contribution < 1.29 is 18.1 Å². The molecule has 0 saturated heterocycles. The number of sulfonamides is 1. The highest BCUT2D eigenvalue weighted by Gasteiger charge is 2.21. The van der Waals surface area contributed by atoms with Gasteiger partial charge in [0.15, 0.2) is 5.75 Å². The van der Waals surface area contributed by atoms with E-state index in [1.165, 1.54) is 36.1 Å². The van der Waals surface area contributed by atoms with Crippen LogP contribution in [0.4, 0.5) is 5.69 Å². The molecule has 3 aromatic rings. The zero-order chi connectivity index (χ0) is 21.0. The Balaban J connectivity index is 1.66. The second-order valence-corrected chi connectivity index (χ2v) is 8.87. The van der Waals surface area contributed by atoms with Crippen LogP contribution in [0.1, 0.15) is 11.3 Å². The zero-order valence-electron chi connectivity index (χ0n) is 15.8. The first-order valence-electron chi connectivity index (χ1n) is 8.63. The number of methoxy groups -OCH3 is 1. The van der Waals surface area contributed by atoms with E-state index < -0.39 is 20.6 Å². The summed E-state index contributed by atoms with van der Waals surface area (Å²) < 4.78 is 32.3. The number of hydrogen-bond donors (Lipinski definition) is 1. The van der Waals surface area contributed by atoms with Gasteiger partial charge in [-0.15, -0.1) is 11.3 Å². The summed E-state index contributed by atoms with van der Waals surface area (Å²) in [5, 5.41) is 13.9. The van der Waals surface area contributed by atoms with E-state index in [9.17, 15) is 18.5 Å². The minimum atomic E-state index is -3.90. The summed E-state index contributed by atoms with van der Waals surface area (Å²) in [6.45, 7) is 2.14. The van der Waals surface area contributed by atoms with E-state index in [4.69, 9.17) is 4.74 Å².